The van der Waals surface area contributed by atoms with Crippen LogP contribution < -0.4 is 4.90 Å². The molecule has 0 fully saturated rings. The van der Waals surface area contributed by atoms with Crippen LogP contribution in [-0.2, 0) is 16.2 Å². The first-order chi connectivity index (χ1) is 26.0. The summed E-state index contributed by atoms with van der Waals surface area (Å²) in [6.07, 6.45) is 0. The number of fused-ring (bicyclic) bond motifs is 13. The molecular formula is C53H43N. The van der Waals surface area contributed by atoms with Gasteiger partial charge in [-0.05, 0) is 137 Å². The molecule has 0 saturated heterocycles. The predicted octanol–water partition coefficient (Wildman–Crippen LogP) is 14.4. The van der Waals surface area contributed by atoms with Crippen molar-refractivity contribution in [2.75, 3.05) is 4.90 Å². The number of hydrogen-bond donors (Lipinski definition) is 0. The van der Waals surface area contributed by atoms with E-state index in [4.69, 9.17) is 0 Å². The van der Waals surface area contributed by atoms with Gasteiger partial charge in [0.05, 0.1) is 0 Å². The first kappa shape index (κ1) is 31.6. The second-order valence-electron chi connectivity index (χ2n) is 17.4. The molecule has 3 aliphatic carbocycles. The summed E-state index contributed by atoms with van der Waals surface area (Å²) >= 11 is 0. The molecule has 0 spiro atoms. The van der Waals surface area contributed by atoms with Crippen LogP contribution in [0.15, 0.2) is 152 Å². The lowest BCUT2D eigenvalue weighted by Crippen LogP contribution is -2.17. The van der Waals surface area contributed by atoms with Gasteiger partial charge in [0, 0.05) is 33.3 Å². The van der Waals surface area contributed by atoms with E-state index < -0.39 is 0 Å². The third-order valence-corrected chi connectivity index (χ3v) is 13.4. The quantitative estimate of drug-likeness (QED) is 0.178. The van der Waals surface area contributed by atoms with E-state index in [1.807, 2.05) is 0 Å². The van der Waals surface area contributed by atoms with Crippen LogP contribution in [0.25, 0.3) is 54.9 Å². The summed E-state index contributed by atoms with van der Waals surface area (Å²) < 4.78 is 0. The molecular weight excluding hydrogens is 651 g/mol. The Labute approximate surface area is 318 Å². The van der Waals surface area contributed by atoms with Gasteiger partial charge in [0.25, 0.3) is 0 Å². The Morgan fingerprint density at radius 3 is 1.57 bits per heavy atom. The molecule has 8 aromatic rings. The van der Waals surface area contributed by atoms with Crippen LogP contribution in [0, 0.1) is 0 Å². The van der Waals surface area contributed by atoms with Crippen molar-refractivity contribution in [2.45, 2.75) is 57.8 Å². The summed E-state index contributed by atoms with van der Waals surface area (Å²) in [6.45, 7) is 14.4. The van der Waals surface area contributed by atoms with Crippen LogP contribution >= 0.6 is 0 Å². The van der Waals surface area contributed by atoms with Gasteiger partial charge in [-0.25, -0.2) is 0 Å². The van der Waals surface area contributed by atoms with Crippen LogP contribution in [0.5, 0.6) is 0 Å². The number of para-hydroxylation sites is 1. The lowest BCUT2D eigenvalue weighted by Gasteiger charge is -2.29. The normalized spacial score (nSPS) is 16.0. The Bertz CT molecular complexity index is 2900. The molecule has 260 valence electrons. The van der Waals surface area contributed by atoms with Gasteiger partial charge in [-0.15, -0.1) is 0 Å². The van der Waals surface area contributed by atoms with Gasteiger partial charge < -0.3 is 4.90 Å². The van der Waals surface area contributed by atoms with Crippen molar-refractivity contribution in [3.63, 3.8) is 0 Å². The maximum absolute atomic E-state index is 2.51. The van der Waals surface area contributed by atoms with Crippen molar-refractivity contribution in [1.29, 1.82) is 0 Å². The first-order valence-corrected chi connectivity index (χ1v) is 19.4. The number of benzene rings is 8. The van der Waals surface area contributed by atoms with Gasteiger partial charge >= 0.3 is 0 Å². The van der Waals surface area contributed by atoms with Gasteiger partial charge in [-0.2, -0.15) is 0 Å². The first-order valence-electron chi connectivity index (χ1n) is 19.4. The van der Waals surface area contributed by atoms with E-state index in [9.17, 15) is 0 Å². The van der Waals surface area contributed by atoms with Crippen LogP contribution in [0.3, 0.4) is 0 Å². The molecule has 0 bridgehead atoms. The number of hydrogen-bond acceptors (Lipinski definition) is 1. The third kappa shape index (κ3) is 4.05. The molecule has 0 radical (unpaired) electrons. The van der Waals surface area contributed by atoms with Gasteiger partial charge in [0.2, 0.25) is 0 Å². The average molecular weight is 694 g/mol. The third-order valence-electron chi connectivity index (χ3n) is 13.4. The van der Waals surface area contributed by atoms with Crippen molar-refractivity contribution in [3.8, 4) is 33.4 Å². The molecule has 11 rings (SSSR count). The molecule has 0 amide bonds. The summed E-state index contributed by atoms with van der Waals surface area (Å²) in [5.41, 5.74) is 20.0. The highest BCUT2D eigenvalue weighted by molar-refractivity contribution is 6.04. The molecule has 3 aliphatic rings. The average Bonchev–Trinajstić information content (AvgIpc) is 3.67. The fraction of sp³-hybridized carbons (Fsp3) is 0.170. The van der Waals surface area contributed by atoms with Crippen molar-refractivity contribution in [2.24, 2.45) is 0 Å². The van der Waals surface area contributed by atoms with Gasteiger partial charge in [0.1, 0.15) is 0 Å². The van der Waals surface area contributed by atoms with E-state index in [0.717, 1.165) is 11.4 Å². The Hall–Kier alpha value is -5.92. The maximum Gasteiger partial charge on any atom is 0.0468 e. The zero-order chi connectivity index (χ0) is 36.7. The topological polar surface area (TPSA) is 3.24 Å². The Morgan fingerprint density at radius 1 is 0.315 bits per heavy atom. The van der Waals surface area contributed by atoms with Gasteiger partial charge in [0.15, 0.2) is 0 Å². The largest absolute Gasteiger partial charge is 0.310 e. The highest BCUT2D eigenvalue weighted by atomic mass is 15.1. The summed E-state index contributed by atoms with van der Waals surface area (Å²) in [6, 6.07) is 57.3. The molecule has 0 saturated carbocycles. The molecule has 0 aromatic heterocycles. The molecule has 0 atom stereocenters. The highest BCUT2D eigenvalue weighted by Gasteiger charge is 2.42. The summed E-state index contributed by atoms with van der Waals surface area (Å²) in [4.78, 5) is 2.44. The minimum Gasteiger partial charge on any atom is -0.310 e. The number of nitrogens with zero attached hydrogens (tertiary/aromatic N) is 1. The van der Waals surface area contributed by atoms with Gasteiger partial charge in [-0.1, -0.05) is 145 Å². The highest BCUT2D eigenvalue weighted by Crippen LogP contribution is 2.57. The monoisotopic (exact) mass is 693 g/mol. The van der Waals surface area contributed by atoms with Crippen molar-refractivity contribution < 1.29 is 0 Å². The van der Waals surface area contributed by atoms with Crippen molar-refractivity contribution >= 4 is 38.6 Å². The molecule has 54 heavy (non-hydrogen) atoms. The Balaban J connectivity index is 1.05. The van der Waals surface area contributed by atoms with E-state index in [1.54, 1.807) is 0 Å². The SMILES string of the molecule is CC1(C)c2ccccc2-c2cc3c(cc21)-c1ccc(N(c2ccccc2)c2ccc4c5c(ccc4c2)-c2ccc4ccccc4c2C5(C)C)cc1C3(C)C. The second kappa shape index (κ2) is 10.6. The smallest absolute Gasteiger partial charge is 0.0468 e. The fourth-order valence-electron chi connectivity index (χ4n) is 10.7. The molecule has 0 N–H and O–H groups in total. The van der Waals surface area contributed by atoms with Crippen LogP contribution in [0.1, 0.15) is 74.9 Å². The standard InChI is InChI=1S/C53H43N/c1-51(2)45-19-13-12-18-39(45)43-30-48-44(31-47(43)51)40-27-23-36(29-46(40)52(48,3)4)54(34-15-8-7-9-16-34)35-22-26-38-33(28-35)21-25-42-41-24-20-32-14-10-11-17-37(32)49(41)53(5,6)50(38)42/h7-31H,1-6H3. The summed E-state index contributed by atoms with van der Waals surface area (Å²) in [5, 5.41) is 5.26. The minimum absolute atomic E-state index is 0.0279. The number of rotatable bonds is 3. The second-order valence-corrected chi connectivity index (χ2v) is 17.4. The van der Waals surface area contributed by atoms with E-state index in [2.05, 4.69) is 198 Å². The van der Waals surface area contributed by atoms with E-state index >= 15 is 0 Å². The molecule has 0 aliphatic heterocycles. The molecule has 0 heterocycles. The van der Waals surface area contributed by atoms with Crippen molar-refractivity contribution in [1.82, 2.24) is 0 Å². The van der Waals surface area contributed by atoms with Crippen LogP contribution in [-0.4, -0.2) is 0 Å². The fourth-order valence-corrected chi connectivity index (χ4v) is 10.7. The van der Waals surface area contributed by atoms with E-state index in [1.165, 1.54) is 94.0 Å². The lowest BCUT2D eigenvalue weighted by atomic mass is 9.78. The molecule has 1 heteroatoms. The minimum atomic E-state index is -0.144. The summed E-state index contributed by atoms with van der Waals surface area (Å²) in [7, 11) is 0. The van der Waals surface area contributed by atoms with Crippen LogP contribution in [0.4, 0.5) is 17.1 Å². The lowest BCUT2D eigenvalue weighted by molar-refractivity contribution is 0.652. The van der Waals surface area contributed by atoms with Crippen molar-refractivity contribution in [3.05, 3.63) is 185 Å². The van der Waals surface area contributed by atoms with E-state index in [0.29, 0.717) is 0 Å². The van der Waals surface area contributed by atoms with Gasteiger partial charge in [-0.3, -0.25) is 0 Å². The molecule has 0 unspecified atom stereocenters. The molecule has 8 aromatic carbocycles. The Morgan fingerprint density at radius 2 is 0.833 bits per heavy atom. The maximum atomic E-state index is 2.51. The Kier molecular flexibility index (Phi) is 6.21. The zero-order valence-corrected chi connectivity index (χ0v) is 31.9. The van der Waals surface area contributed by atoms with E-state index in [-0.39, 0.29) is 16.2 Å². The molecule has 1 nitrogen and oxygen atoms in total. The number of anilines is 3. The van der Waals surface area contributed by atoms with Crippen LogP contribution in [0.2, 0.25) is 0 Å². The summed E-state index contributed by atoms with van der Waals surface area (Å²) in [5.74, 6) is 0. The predicted molar refractivity (Wildman–Crippen MR) is 229 cm³/mol. The zero-order valence-electron chi connectivity index (χ0n) is 31.9.